The van der Waals surface area contributed by atoms with Crippen LogP contribution in [0.5, 0.6) is 5.75 Å². The number of imidazole rings is 1. The molecule has 4 heterocycles. The van der Waals surface area contributed by atoms with Gasteiger partial charge < -0.3 is 14.2 Å². The van der Waals surface area contributed by atoms with Gasteiger partial charge in [0.15, 0.2) is 0 Å². The lowest BCUT2D eigenvalue weighted by Crippen LogP contribution is -2.39. The number of aryl methyl sites for hydroxylation is 1. The number of carbonyl (C=O) groups excluding carboxylic acids is 1. The molecule has 0 aliphatic carbocycles. The van der Waals surface area contributed by atoms with E-state index in [2.05, 4.69) is 16.0 Å². The van der Waals surface area contributed by atoms with Gasteiger partial charge in [-0.25, -0.2) is 4.98 Å². The molecule has 5 rings (SSSR count). The Labute approximate surface area is 205 Å². The quantitative estimate of drug-likeness (QED) is 0.418. The van der Waals surface area contributed by atoms with E-state index in [0.717, 1.165) is 53.5 Å². The van der Waals surface area contributed by atoms with Crippen LogP contribution in [0, 0.1) is 0 Å². The fourth-order valence-electron chi connectivity index (χ4n) is 4.71. The molecule has 0 saturated carbocycles. The van der Waals surface area contributed by atoms with Crippen LogP contribution in [0.4, 0.5) is 0 Å². The SMILES string of the molecule is COc1ccccc1Cc1ccc(C(=O)N2CCC[C@@H](c3cccc(-c4cncn4C)n3)C2)cn1. The van der Waals surface area contributed by atoms with Crippen molar-refractivity contribution in [1.29, 1.82) is 0 Å². The van der Waals surface area contributed by atoms with Crippen LogP contribution in [0.3, 0.4) is 0 Å². The predicted molar refractivity (Wildman–Crippen MR) is 134 cm³/mol. The number of piperidine rings is 1. The molecule has 1 aliphatic rings. The molecule has 1 amide bonds. The van der Waals surface area contributed by atoms with E-state index in [9.17, 15) is 4.79 Å². The summed E-state index contributed by atoms with van der Waals surface area (Å²) in [5.41, 5.74) is 5.49. The maximum Gasteiger partial charge on any atom is 0.255 e. The summed E-state index contributed by atoms with van der Waals surface area (Å²) < 4.78 is 7.41. The van der Waals surface area contributed by atoms with Crippen molar-refractivity contribution < 1.29 is 9.53 Å². The van der Waals surface area contributed by atoms with E-state index in [0.29, 0.717) is 18.5 Å². The second-order valence-electron chi connectivity index (χ2n) is 8.95. The van der Waals surface area contributed by atoms with Crippen molar-refractivity contribution in [2.75, 3.05) is 20.2 Å². The molecule has 1 fully saturated rings. The zero-order chi connectivity index (χ0) is 24.2. The van der Waals surface area contributed by atoms with E-state index in [1.807, 2.05) is 71.2 Å². The molecule has 35 heavy (non-hydrogen) atoms. The third-order valence-corrected chi connectivity index (χ3v) is 6.61. The minimum Gasteiger partial charge on any atom is -0.496 e. The van der Waals surface area contributed by atoms with E-state index in [1.165, 1.54) is 0 Å². The molecule has 7 heteroatoms. The van der Waals surface area contributed by atoms with Crippen LogP contribution in [0.15, 0.2) is 73.3 Å². The molecule has 4 aromatic rings. The first-order chi connectivity index (χ1) is 17.1. The minimum absolute atomic E-state index is 0.0221. The maximum absolute atomic E-state index is 13.3. The molecular weight excluding hydrogens is 438 g/mol. The van der Waals surface area contributed by atoms with Crippen molar-refractivity contribution in [3.05, 3.63) is 95.8 Å². The van der Waals surface area contributed by atoms with E-state index >= 15 is 0 Å². The van der Waals surface area contributed by atoms with Crippen molar-refractivity contribution in [3.8, 4) is 17.1 Å². The zero-order valence-corrected chi connectivity index (χ0v) is 20.1. The number of hydrogen-bond acceptors (Lipinski definition) is 5. The summed E-state index contributed by atoms with van der Waals surface area (Å²) in [5, 5.41) is 0. The summed E-state index contributed by atoms with van der Waals surface area (Å²) in [6.07, 6.45) is 7.92. The van der Waals surface area contributed by atoms with E-state index in [-0.39, 0.29) is 11.8 Å². The summed E-state index contributed by atoms with van der Waals surface area (Å²) in [5.74, 6) is 1.07. The number of aromatic nitrogens is 4. The highest BCUT2D eigenvalue weighted by Gasteiger charge is 2.27. The van der Waals surface area contributed by atoms with Gasteiger partial charge in [0.1, 0.15) is 5.75 Å². The topological polar surface area (TPSA) is 73.1 Å². The summed E-state index contributed by atoms with van der Waals surface area (Å²) in [7, 11) is 3.64. The summed E-state index contributed by atoms with van der Waals surface area (Å²) in [6, 6.07) is 17.8. The van der Waals surface area contributed by atoms with Gasteiger partial charge in [-0.2, -0.15) is 0 Å². The second-order valence-corrected chi connectivity index (χ2v) is 8.95. The summed E-state index contributed by atoms with van der Waals surface area (Å²) >= 11 is 0. The third-order valence-electron chi connectivity index (χ3n) is 6.61. The van der Waals surface area contributed by atoms with Crippen molar-refractivity contribution in [3.63, 3.8) is 0 Å². The molecule has 7 nitrogen and oxygen atoms in total. The standard InChI is InChI=1S/C28H29N5O2/c1-32-19-29-17-26(32)25-10-5-9-24(31-25)22-8-6-14-33(18-22)28(34)21-12-13-23(30-16-21)15-20-7-3-4-11-27(20)35-2/h3-5,7,9-13,16-17,19,22H,6,8,14-15,18H2,1-2H3/t22-/m1/s1. The molecule has 1 saturated heterocycles. The Hall–Kier alpha value is -4.00. The van der Waals surface area contributed by atoms with Gasteiger partial charge in [-0.05, 0) is 43.2 Å². The zero-order valence-electron chi connectivity index (χ0n) is 20.1. The van der Waals surface area contributed by atoms with Crippen LogP contribution in [0.2, 0.25) is 0 Å². The average Bonchev–Trinajstić information content (AvgIpc) is 3.35. The van der Waals surface area contributed by atoms with Gasteiger partial charge in [-0.3, -0.25) is 14.8 Å². The molecule has 3 aromatic heterocycles. The predicted octanol–water partition coefficient (Wildman–Crippen LogP) is 4.50. The lowest BCUT2D eigenvalue weighted by molar-refractivity contribution is 0.0705. The van der Waals surface area contributed by atoms with Gasteiger partial charge in [-0.15, -0.1) is 0 Å². The fraction of sp³-hybridized carbons (Fsp3) is 0.286. The Morgan fingerprint density at radius 2 is 1.97 bits per heavy atom. The number of methoxy groups -OCH3 is 1. The van der Waals surface area contributed by atoms with Crippen LogP contribution in [0.1, 0.15) is 46.1 Å². The molecule has 0 radical (unpaired) electrons. The van der Waals surface area contributed by atoms with Crippen LogP contribution in [-0.2, 0) is 13.5 Å². The Morgan fingerprint density at radius 3 is 2.74 bits per heavy atom. The lowest BCUT2D eigenvalue weighted by atomic mass is 9.93. The van der Waals surface area contributed by atoms with Crippen LogP contribution in [0.25, 0.3) is 11.4 Å². The molecule has 0 bridgehead atoms. The van der Waals surface area contributed by atoms with Crippen molar-refractivity contribution >= 4 is 5.91 Å². The number of ether oxygens (including phenoxy) is 1. The first-order valence-corrected chi connectivity index (χ1v) is 11.9. The van der Waals surface area contributed by atoms with Gasteiger partial charge in [0.2, 0.25) is 0 Å². The van der Waals surface area contributed by atoms with Crippen molar-refractivity contribution in [2.24, 2.45) is 7.05 Å². The molecule has 1 atom stereocenters. The number of carbonyl (C=O) groups is 1. The maximum atomic E-state index is 13.3. The molecule has 1 aromatic carbocycles. The van der Waals surface area contributed by atoms with Gasteiger partial charge in [0.25, 0.3) is 5.91 Å². The average molecular weight is 468 g/mol. The number of likely N-dealkylation sites (tertiary alicyclic amines) is 1. The fourth-order valence-corrected chi connectivity index (χ4v) is 4.71. The first-order valence-electron chi connectivity index (χ1n) is 11.9. The molecule has 1 aliphatic heterocycles. The highest BCUT2D eigenvalue weighted by Crippen LogP contribution is 2.28. The van der Waals surface area contributed by atoms with Gasteiger partial charge in [0, 0.05) is 55.6 Å². The Kier molecular flexibility index (Phi) is 6.57. The number of pyridine rings is 2. The minimum atomic E-state index is 0.0221. The van der Waals surface area contributed by atoms with Gasteiger partial charge in [0.05, 0.1) is 36.6 Å². The van der Waals surface area contributed by atoms with Crippen LogP contribution in [-0.4, -0.2) is 50.5 Å². The summed E-state index contributed by atoms with van der Waals surface area (Å²) in [4.78, 5) is 28.9. The number of para-hydroxylation sites is 1. The number of amides is 1. The Balaban J connectivity index is 1.28. The molecule has 0 N–H and O–H groups in total. The lowest BCUT2D eigenvalue weighted by Gasteiger charge is -2.32. The monoisotopic (exact) mass is 467 g/mol. The van der Waals surface area contributed by atoms with E-state index in [4.69, 9.17) is 9.72 Å². The second kappa shape index (κ2) is 10.1. The first kappa shape index (κ1) is 22.8. The number of hydrogen-bond donors (Lipinski definition) is 0. The third kappa shape index (κ3) is 4.94. The highest BCUT2D eigenvalue weighted by atomic mass is 16.5. The largest absolute Gasteiger partial charge is 0.496 e. The number of benzene rings is 1. The Morgan fingerprint density at radius 1 is 1.09 bits per heavy atom. The highest BCUT2D eigenvalue weighted by molar-refractivity contribution is 5.94. The number of nitrogens with zero attached hydrogens (tertiary/aromatic N) is 5. The molecule has 178 valence electrons. The summed E-state index contributed by atoms with van der Waals surface area (Å²) in [6.45, 7) is 1.41. The van der Waals surface area contributed by atoms with Crippen LogP contribution >= 0.6 is 0 Å². The van der Waals surface area contributed by atoms with Crippen molar-refractivity contribution in [1.82, 2.24) is 24.4 Å². The molecular formula is C28H29N5O2. The van der Waals surface area contributed by atoms with Crippen LogP contribution < -0.4 is 4.74 Å². The smallest absolute Gasteiger partial charge is 0.255 e. The Bertz CT molecular complexity index is 1310. The van der Waals surface area contributed by atoms with E-state index < -0.39 is 0 Å². The van der Waals surface area contributed by atoms with Crippen molar-refractivity contribution in [2.45, 2.75) is 25.2 Å². The molecule has 0 unspecified atom stereocenters. The normalized spacial score (nSPS) is 15.7. The molecule has 0 spiro atoms. The van der Waals surface area contributed by atoms with E-state index in [1.54, 1.807) is 19.6 Å². The van der Waals surface area contributed by atoms with Gasteiger partial charge >= 0.3 is 0 Å². The number of rotatable bonds is 6. The van der Waals surface area contributed by atoms with Gasteiger partial charge in [-0.1, -0.05) is 24.3 Å².